The number of nitrogens with one attached hydrogen (secondary N) is 2. The van der Waals surface area contributed by atoms with Gasteiger partial charge in [-0.05, 0) is 34.1 Å². The van der Waals surface area contributed by atoms with E-state index in [1.54, 1.807) is 20.8 Å². The quantitative estimate of drug-likeness (QED) is 0.413. The predicted octanol–water partition coefficient (Wildman–Crippen LogP) is 0.978. The van der Waals surface area contributed by atoms with Crippen LogP contribution in [0.15, 0.2) is 12.7 Å². The molecule has 0 radical (unpaired) electrons. The first-order valence-corrected chi connectivity index (χ1v) is 7.75. The highest BCUT2D eigenvalue weighted by atomic mass is 16.6. The molecule has 0 aromatic rings. The van der Waals surface area contributed by atoms with Gasteiger partial charge in [-0.15, -0.1) is 0 Å². The molecule has 0 fully saturated rings. The van der Waals surface area contributed by atoms with Crippen LogP contribution in [-0.4, -0.2) is 53.3 Å². The standard InChI is InChI=1S/C16H26N2O7/c1-6-9-24-14(22)11(7-8-12(19)20)18-13(21)10(2)17-15(23)25-16(3,4)5/h6,10-11H,1,7-9H2,2-5H3,(H,17,23)(H,18,21)(H,19,20)/t10-,11-/m0/s1. The summed E-state index contributed by atoms with van der Waals surface area (Å²) in [6, 6.07) is -2.14. The van der Waals surface area contributed by atoms with Gasteiger partial charge in [0, 0.05) is 6.42 Å². The molecule has 0 aliphatic heterocycles. The molecule has 0 saturated heterocycles. The van der Waals surface area contributed by atoms with Crippen LogP contribution in [0.4, 0.5) is 4.79 Å². The zero-order chi connectivity index (χ0) is 19.6. The minimum Gasteiger partial charge on any atom is -0.481 e. The number of alkyl carbamates (subject to hydrolysis) is 1. The summed E-state index contributed by atoms with van der Waals surface area (Å²) in [6.45, 7) is 9.76. The Morgan fingerprint density at radius 2 is 1.80 bits per heavy atom. The van der Waals surface area contributed by atoms with Gasteiger partial charge in [0.15, 0.2) is 0 Å². The topological polar surface area (TPSA) is 131 Å². The van der Waals surface area contributed by atoms with Gasteiger partial charge in [0.25, 0.3) is 0 Å². The molecule has 0 unspecified atom stereocenters. The fourth-order valence-electron chi connectivity index (χ4n) is 1.61. The van der Waals surface area contributed by atoms with Crippen LogP contribution in [0, 0.1) is 0 Å². The Hall–Kier alpha value is -2.58. The van der Waals surface area contributed by atoms with Crippen molar-refractivity contribution >= 4 is 23.9 Å². The molecule has 0 bridgehead atoms. The Balaban J connectivity index is 4.75. The van der Waals surface area contributed by atoms with Gasteiger partial charge in [-0.3, -0.25) is 9.59 Å². The second kappa shape index (κ2) is 10.3. The van der Waals surface area contributed by atoms with Gasteiger partial charge in [-0.1, -0.05) is 12.7 Å². The van der Waals surface area contributed by atoms with Gasteiger partial charge in [0.2, 0.25) is 5.91 Å². The molecule has 9 nitrogen and oxygen atoms in total. The van der Waals surface area contributed by atoms with Gasteiger partial charge >= 0.3 is 18.0 Å². The van der Waals surface area contributed by atoms with Crippen LogP contribution >= 0.6 is 0 Å². The fourth-order valence-corrected chi connectivity index (χ4v) is 1.61. The minimum absolute atomic E-state index is 0.0655. The second-order valence-corrected chi connectivity index (χ2v) is 6.28. The molecule has 142 valence electrons. The highest BCUT2D eigenvalue weighted by molar-refractivity contribution is 5.89. The number of carbonyl (C=O) groups is 4. The number of amides is 2. The second-order valence-electron chi connectivity index (χ2n) is 6.28. The highest BCUT2D eigenvalue weighted by Crippen LogP contribution is 2.07. The molecule has 2 amide bonds. The van der Waals surface area contributed by atoms with Crippen LogP contribution in [0.5, 0.6) is 0 Å². The third-order valence-corrected chi connectivity index (χ3v) is 2.72. The number of carbonyl (C=O) groups excluding carboxylic acids is 3. The lowest BCUT2D eigenvalue weighted by Gasteiger charge is -2.23. The van der Waals surface area contributed by atoms with Crippen molar-refractivity contribution in [2.45, 2.75) is 58.2 Å². The number of carboxylic acid groups (broad SMARTS) is 1. The molecular formula is C16H26N2O7. The molecular weight excluding hydrogens is 332 g/mol. The van der Waals surface area contributed by atoms with Crippen LogP contribution in [-0.2, 0) is 23.9 Å². The molecule has 0 rings (SSSR count). The van der Waals surface area contributed by atoms with Gasteiger partial charge < -0.3 is 25.2 Å². The zero-order valence-corrected chi connectivity index (χ0v) is 15.0. The normalized spacial score (nSPS) is 13.1. The van der Waals surface area contributed by atoms with Crippen LogP contribution in [0.2, 0.25) is 0 Å². The number of ether oxygens (including phenoxy) is 2. The van der Waals surface area contributed by atoms with E-state index in [1.807, 2.05) is 0 Å². The summed E-state index contributed by atoms with van der Waals surface area (Å²) in [6.07, 6.45) is 0.0882. The van der Waals surface area contributed by atoms with E-state index < -0.39 is 41.6 Å². The van der Waals surface area contributed by atoms with E-state index in [4.69, 9.17) is 14.6 Å². The maximum absolute atomic E-state index is 12.1. The molecule has 0 aliphatic rings. The molecule has 0 spiro atoms. The monoisotopic (exact) mass is 358 g/mol. The van der Waals surface area contributed by atoms with Crippen molar-refractivity contribution < 1.29 is 33.8 Å². The molecule has 0 aliphatic carbocycles. The van der Waals surface area contributed by atoms with Crippen molar-refractivity contribution in [3.63, 3.8) is 0 Å². The molecule has 2 atom stereocenters. The Morgan fingerprint density at radius 3 is 2.28 bits per heavy atom. The van der Waals surface area contributed by atoms with Crippen molar-refractivity contribution in [3.8, 4) is 0 Å². The van der Waals surface area contributed by atoms with Gasteiger partial charge in [0.1, 0.15) is 24.3 Å². The van der Waals surface area contributed by atoms with E-state index in [9.17, 15) is 19.2 Å². The van der Waals surface area contributed by atoms with E-state index in [0.29, 0.717) is 0 Å². The Kier molecular flexibility index (Phi) is 9.25. The summed E-state index contributed by atoms with van der Waals surface area (Å²) >= 11 is 0. The van der Waals surface area contributed by atoms with Crippen LogP contribution in [0.1, 0.15) is 40.5 Å². The summed E-state index contributed by atoms with van der Waals surface area (Å²) < 4.78 is 9.87. The maximum Gasteiger partial charge on any atom is 0.408 e. The summed E-state index contributed by atoms with van der Waals surface area (Å²) in [4.78, 5) is 46.4. The number of esters is 1. The van der Waals surface area contributed by atoms with Crippen LogP contribution in [0.25, 0.3) is 0 Å². The largest absolute Gasteiger partial charge is 0.481 e. The van der Waals surface area contributed by atoms with Gasteiger partial charge in [0.05, 0.1) is 0 Å². The third-order valence-electron chi connectivity index (χ3n) is 2.72. The molecule has 0 aromatic heterocycles. The maximum atomic E-state index is 12.1. The number of rotatable bonds is 9. The van der Waals surface area contributed by atoms with Gasteiger partial charge in [-0.2, -0.15) is 0 Å². The highest BCUT2D eigenvalue weighted by Gasteiger charge is 2.27. The van der Waals surface area contributed by atoms with E-state index in [0.717, 1.165) is 0 Å². The molecule has 0 saturated carbocycles. The van der Waals surface area contributed by atoms with Crippen molar-refractivity contribution in [1.82, 2.24) is 10.6 Å². The number of hydrogen-bond acceptors (Lipinski definition) is 6. The van der Waals surface area contributed by atoms with Gasteiger partial charge in [-0.25, -0.2) is 9.59 Å². The van der Waals surface area contributed by atoms with Crippen molar-refractivity contribution in [2.24, 2.45) is 0 Å². The zero-order valence-electron chi connectivity index (χ0n) is 15.0. The molecule has 9 heteroatoms. The first-order chi connectivity index (χ1) is 11.5. The van der Waals surface area contributed by atoms with Crippen LogP contribution < -0.4 is 10.6 Å². The first kappa shape index (κ1) is 22.4. The van der Waals surface area contributed by atoms with Crippen LogP contribution in [0.3, 0.4) is 0 Å². The summed E-state index contributed by atoms with van der Waals surface area (Å²) in [5.41, 5.74) is -0.723. The SMILES string of the molecule is C=CCOC(=O)[C@H](CCC(=O)O)NC(=O)[C@H](C)NC(=O)OC(C)(C)C. The lowest BCUT2D eigenvalue weighted by molar-refractivity contribution is -0.147. The lowest BCUT2D eigenvalue weighted by Crippen LogP contribution is -2.51. The summed E-state index contributed by atoms with van der Waals surface area (Å²) in [5, 5.41) is 13.4. The van der Waals surface area contributed by atoms with E-state index in [-0.39, 0.29) is 19.4 Å². The first-order valence-electron chi connectivity index (χ1n) is 7.75. The number of carboxylic acids is 1. The number of aliphatic carboxylic acids is 1. The fraction of sp³-hybridized carbons (Fsp3) is 0.625. The van der Waals surface area contributed by atoms with Crippen molar-refractivity contribution in [3.05, 3.63) is 12.7 Å². The predicted molar refractivity (Wildman–Crippen MR) is 88.8 cm³/mol. The Labute approximate surface area is 146 Å². The Bertz CT molecular complexity index is 511. The molecule has 0 aromatic carbocycles. The van der Waals surface area contributed by atoms with E-state index in [1.165, 1.54) is 13.0 Å². The third kappa shape index (κ3) is 10.7. The molecule has 25 heavy (non-hydrogen) atoms. The van der Waals surface area contributed by atoms with E-state index >= 15 is 0 Å². The number of hydrogen-bond donors (Lipinski definition) is 3. The van der Waals surface area contributed by atoms with Crippen molar-refractivity contribution in [2.75, 3.05) is 6.61 Å². The van der Waals surface area contributed by atoms with Crippen molar-refractivity contribution in [1.29, 1.82) is 0 Å². The van der Waals surface area contributed by atoms with E-state index in [2.05, 4.69) is 17.2 Å². The smallest absolute Gasteiger partial charge is 0.408 e. The average Bonchev–Trinajstić information content (AvgIpc) is 2.46. The lowest BCUT2D eigenvalue weighted by atomic mass is 10.1. The Morgan fingerprint density at radius 1 is 1.20 bits per heavy atom. The minimum atomic E-state index is -1.15. The molecule has 3 N–H and O–H groups in total. The molecule has 0 heterocycles. The average molecular weight is 358 g/mol. The summed E-state index contributed by atoms with van der Waals surface area (Å²) in [5.74, 6) is -2.56. The summed E-state index contributed by atoms with van der Waals surface area (Å²) in [7, 11) is 0.